The van der Waals surface area contributed by atoms with Gasteiger partial charge in [0.2, 0.25) is 5.91 Å². The summed E-state index contributed by atoms with van der Waals surface area (Å²) in [5, 5.41) is 12.1. The summed E-state index contributed by atoms with van der Waals surface area (Å²) in [4.78, 5) is 38.1. The second kappa shape index (κ2) is 9.62. The van der Waals surface area contributed by atoms with Crippen LogP contribution in [0.25, 0.3) is 11.1 Å². The Bertz CT molecular complexity index is 1240. The fourth-order valence-electron chi connectivity index (χ4n) is 5.11. The second-order valence-electron chi connectivity index (χ2n) is 8.91. The normalized spacial score (nSPS) is 16.5. The number of carbonyl (C=O) groups is 3. The molecule has 0 aromatic heterocycles. The van der Waals surface area contributed by atoms with Crippen molar-refractivity contribution in [1.82, 2.24) is 4.90 Å². The third-order valence-corrected chi connectivity index (χ3v) is 6.73. The first-order valence-corrected chi connectivity index (χ1v) is 11.7. The number of benzene rings is 3. The summed E-state index contributed by atoms with van der Waals surface area (Å²) in [5.74, 6) is -1.23. The zero-order valence-corrected chi connectivity index (χ0v) is 19.1. The van der Waals surface area contributed by atoms with Crippen LogP contribution in [0.1, 0.15) is 35.4 Å². The second-order valence-corrected chi connectivity index (χ2v) is 8.91. The van der Waals surface area contributed by atoms with E-state index in [1.54, 1.807) is 24.3 Å². The van der Waals surface area contributed by atoms with Crippen molar-refractivity contribution in [2.24, 2.45) is 0 Å². The Morgan fingerprint density at radius 3 is 2.31 bits per heavy atom. The first-order valence-electron chi connectivity index (χ1n) is 11.7. The minimum atomic E-state index is -0.971. The van der Waals surface area contributed by atoms with Gasteiger partial charge >= 0.3 is 12.1 Å². The first-order chi connectivity index (χ1) is 17.0. The van der Waals surface area contributed by atoms with E-state index in [1.807, 2.05) is 24.3 Å². The van der Waals surface area contributed by atoms with Gasteiger partial charge in [0, 0.05) is 18.2 Å². The van der Waals surface area contributed by atoms with Crippen LogP contribution in [0.4, 0.5) is 10.5 Å². The summed E-state index contributed by atoms with van der Waals surface area (Å²) < 4.78 is 5.60. The summed E-state index contributed by atoms with van der Waals surface area (Å²) >= 11 is 0. The van der Waals surface area contributed by atoms with Crippen molar-refractivity contribution in [3.05, 3.63) is 89.5 Å². The van der Waals surface area contributed by atoms with Crippen molar-refractivity contribution in [3.8, 4) is 11.1 Å². The molecular weight excluding hydrogens is 444 g/mol. The molecule has 1 aliphatic carbocycles. The van der Waals surface area contributed by atoms with E-state index in [2.05, 4.69) is 29.6 Å². The third-order valence-electron chi connectivity index (χ3n) is 6.73. The Labute approximate surface area is 203 Å². The Hall–Kier alpha value is -4.13. The molecule has 1 unspecified atom stereocenters. The van der Waals surface area contributed by atoms with Gasteiger partial charge in [-0.15, -0.1) is 0 Å². The molecule has 3 aromatic rings. The van der Waals surface area contributed by atoms with Crippen LogP contribution >= 0.6 is 0 Å². The maximum absolute atomic E-state index is 12.7. The molecule has 35 heavy (non-hydrogen) atoms. The van der Waals surface area contributed by atoms with E-state index in [0.717, 1.165) is 22.3 Å². The lowest BCUT2D eigenvalue weighted by Gasteiger charge is -2.21. The number of anilines is 1. The van der Waals surface area contributed by atoms with Crippen molar-refractivity contribution in [3.63, 3.8) is 0 Å². The van der Waals surface area contributed by atoms with Crippen molar-refractivity contribution in [2.45, 2.75) is 31.2 Å². The van der Waals surface area contributed by atoms with E-state index in [-0.39, 0.29) is 24.9 Å². The van der Waals surface area contributed by atoms with Crippen molar-refractivity contribution >= 4 is 23.7 Å². The molecule has 1 aliphatic heterocycles. The van der Waals surface area contributed by atoms with Gasteiger partial charge < -0.3 is 14.7 Å². The topological polar surface area (TPSA) is 95.9 Å². The molecule has 2 N–H and O–H groups in total. The number of nitrogens with one attached hydrogen (secondary N) is 1. The van der Waals surface area contributed by atoms with Gasteiger partial charge in [0.25, 0.3) is 0 Å². The highest BCUT2D eigenvalue weighted by atomic mass is 16.5. The highest BCUT2D eigenvalue weighted by molar-refractivity contribution is 5.87. The lowest BCUT2D eigenvalue weighted by molar-refractivity contribution is -0.148. The van der Waals surface area contributed by atoms with Gasteiger partial charge in [-0.25, -0.2) is 9.59 Å². The molecule has 1 atom stereocenters. The molecule has 1 saturated heterocycles. The van der Waals surface area contributed by atoms with Crippen LogP contribution in [0, 0.1) is 0 Å². The molecule has 2 aliphatic rings. The number of carbonyl (C=O) groups excluding carboxylic acids is 2. The van der Waals surface area contributed by atoms with Crippen molar-refractivity contribution < 1.29 is 24.2 Å². The van der Waals surface area contributed by atoms with Crippen molar-refractivity contribution in [2.75, 3.05) is 18.5 Å². The summed E-state index contributed by atoms with van der Waals surface area (Å²) in [5.41, 5.74) is 5.83. The van der Waals surface area contributed by atoms with Gasteiger partial charge in [-0.3, -0.25) is 10.1 Å². The van der Waals surface area contributed by atoms with Crippen LogP contribution in [0.15, 0.2) is 72.8 Å². The summed E-state index contributed by atoms with van der Waals surface area (Å²) in [6, 6.07) is 22.5. The van der Waals surface area contributed by atoms with Gasteiger partial charge in [0.05, 0.1) is 6.42 Å². The van der Waals surface area contributed by atoms with E-state index < -0.39 is 18.1 Å². The fourth-order valence-corrected chi connectivity index (χ4v) is 5.11. The molecule has 1 heterocycles. The van der Waals surface area contributed by atoms with E-state index in [9.17, 15) is 19.5 Å². The standard InChI is InChI=1S/C28H26N2O5/c31-26(30-14-6-13-25(30)27(32)33)16-18-7-5-8-19(15-18)29-28(34)35-17-24-22-11-3-1-9-20(22)21-10-2-4-12-23(21)24/h1-5,7-12,15,24-25H,6,13-14,16-17H2,(H,29,34)(H,32,33). The minimum absolute atomic E-state index is 0.0280. The van der Waals surface area contributed by atoms with Gasteiger partial charge in [-0.1, -0.05) is 60.7 Å². The monoisotopic (exact) mass is 470 g/mol. The average Bonchev–Trinajstić information content (AvgIpc) is 3.47. The Morgan fingerprint density at radius 1 is 0.943 bits per heavy atom. The Kier molecular flexibility index (Phi) is 6.23. The van der Waals surface area contributed by atoms with E-state index >= 15 is 0 Å². The predicted molar refractivity (Wildman–Crippen MR) is 131 cm³/mol. The molecule has 3 aromatic carbocycles. The van der Waals surface area contributed by atoms with Gasteiger partial charge in [0.15, 0.2) is 0 Å². The molecule has 1 fully saturated rings. The number of amides is 2. The summed E-state index contributed by atoms with van der Waals surface area (Å²) in [6.45, 7) is 0.664. The number of hydrogen-bond acceptors (Lipinski definition) is 4. The number of carboxylic acids is 1. The SMILES string of the molecule is O=C(Nc1cccc(CC(=O)N2CCCC2C(=O)O)c1)OCC1c2ccccc2-c2ccccc21. The summed E-state index contributed by atoms with van der Waals surface area (Å²) in [6.07, 6.45) is 0.668. The van der Waals surface area contributed by atoms with Crippen LogP contribution in [0.5, 0.6) is 0 Å². The number of likely N-dealkylation sites (tertiary alicyclic amines) is 1. The summed E-state index contributed by atoms with van der Waals surface area (Å²) in [7, 11) is 0. The molecule has 0 radical (unpaired) electrons. The lowest BCUT2D eigenvalue weighted by atomic mass is 9.98. The molecule has 0 saturated carbocycles. The number of nitrogens with zero attached hydrogens (tertiary/aromatic N) is 1. The number of carboxylic acid groups (broad SMARTS) is 1. The largest absolute Gasteiger partial charge is 0.480 e. The van der Waals surface area contributed by atoms with Crippen LogP contribution in [-0.4, -0.2) is 47.2 Å². The molecule has 7 nitrogen and oxygen atoms in total. The maximum Gasteiger partial charge on any atom is 0.411 e. The Balaban J connectivity index is 1.21. The molecule has 0 bridgehead atoms. The smallest absolute Gasteiger partial charge is 0.411 e. The van der Waals surface area contributed by atoms with Crippen LogP contribution < -0.4 is 5.32 Å². The lowest BCUT2D eigenvalue weighted by Crippen LogP contribution is -2.41. The number of hydrogen-bond donors (Lipinski definition) is 2. The molecule has 178 valence electrons. The van der Waals surface area contributed by atoms with Gasteiger partial charge in [-0.05, 0) is 52.8 Å². The highest BCUT2D eigenvalue weighted by Crippen LogP contribution is 2.44. The molecule has 5 rings (SSSR count). The molecule has 7 heteroatoms. The number of rotatable bonds is 6. The molecule has 0 spiro atoms. The van der Waals surface area contributed by atoms with Crippen LogP contribution in [0.3, 0.4) is 0 Å². The minimum Gasteiger partial charge on any atom is -0.480 e. The van der Waals surface area contributed by atoms with Gasteiger partial charge in [-0.2, -0.15) is 0 Å². The number of aliphatic carboxylic acids is 1. The van der Waals surface area contributed by atoms with Gasteiger partial charge in [0.1, 0.15) is 12.6 Å². The predicted octanol–water partition coefficient (Wildman–Crippen LogP) is 4.67. The molecule has 2 amide bonds. The maximum atomic E-state index is 12.7. The number of fused-ring (bicyclic) bond motifs is 3. The zero-order valence-electron chi connectivity index (χ0n) is 19.1. The Morgan fingerprint density at radius 2 is 1.63 bits per heavy atom. The average molecular weight is 471 g/mol. The number of ether oxygens (including phenoxy) is 1. The van der Waals surface area contributed by atoms with E-state index in [0.29, 0.717) is 30.6 Å². The molecular formula is C28H26N2O5. The van der Waals surface area contributed by atoms with E-state index in [4.69, 9.17) is 4.74 Å². The zero-order chi connectivity index (χ0) is 24.4. The first kappa shape index (κ1) is 22.7. The van der Waals surface area contributed by atoms with Crippen molar-refractivity contribution in [1.29, 1.82) is 0 Å². The van der Waals surface area contributed by atoms with E-state index in [1.165, 1.54) is 4.90 Å². The fraction of sp³-hybridized carbons (Fsp3) is 0.250. The highest BCUT2D eigenvalue weighted by Gasteiger charge is 2.33. The van der Waals surface area contributed by atoms with Crippen LogP contribution in [-0.2, 0) is 20.7 Å². The quantitative estimate of drug-likeness (QED) is 0.546. The van der Waals surface area contributed by atoms with Crippen LogP contribution in [0.2, 0.25) is 0 Å². The third kappa shape index (κ3) is 4.62.